The fraction of sp³-hybridized carbons (Fsp3) is 0.833. The Balaban J connectivity index is 2.01. The molecule has 0 spiro atoms. The topological polar surface area (TPSA) is 69.6 Å². The molecule has 1 heterocycles. The molecule has 0 saturated carbocycles. The average molecular weight is 274 g/mol. The van der Waals surface area contributed by atoms with E-state index in [0.717, 1.165) is 31.4 Å². The summed E-state index contributed by atoms with van der Waals surface area (Å²) in [4.78, 5) is 24.1. The second kappa shape index (κ2) is 9.22. The third-order valence-electron chi connectivity index (χ3n) is 2.91. The first-order valence-corrected chi connectivity index (χ1v) is 7.62. The number of thioether (sulfide) groups is 1. The van der Waals surface area contributed by atoms with Gasteiger partial charge in [-0.1, -0.05) is 12.8 Å². The number of carbonyl (C=O) groups excluding carboxylic acids is 1. The van der Waals surface area contributed by atoms with Gasteiger partial charge in [-0.2, -0.15) is 0 Å². The predicted octanol–water partition coefficient (Wildman–Crippen LogP) is 0.796. The molecule has 0 aromatic rings. The molecule has 0 aliphatic carbocycles. The van der Waals surface area contributed by atoms with Crippen LogP contribution in [0.4, 0.5) is 0 Å². The molecule has 0 aromatic carbocycles. The number of carboxylic acid groups (broad SMARTS) is 1. The van der Waals surface area contributed by atoms with Crippen LogP contribution in [0, 0.1) is 0 Å². The lowest BCUT2D eigenvalue weighted by atomic mass is 10.2. The van der Waals surface area contributed by atoms with Crippen LogP contribution in [0.15, 0.2) is 0 Å². The first-order valence-electron chi connectivity index (χ1n) is 6.47. The number of hydrogen-bond acceptors (Lipinski definition) is 4. The fourth-order valence-corrected chi connectivity index (χ4v) is 2.56. The van der Waals surface area contributed by atoms with Gasteiger partial charge in [0.25, 0.3) is 0 Å². The van der Waals surface area contributed by atoms with E-state index in [4.69, 9.17) is 5.11 Å². The zero-order chi connectivity index (χ0) is 13.2. The van der Waals surface area contributed by atoms with Crippen LogP contribution >= 0.6 is 11.8 Å². The third kappa shape index (κ3) is 7.55. The van der Waals surface area contributed by atoms with Gasteiger partial charge in [0.1, 0.15) is 0 Å². The molecule has 6 heteroatoms. The molecule has 0 aromatic heterocycles. The summed E-state index contributed by atoms with van der Waals surface area (Å²) in [6.07, 6.45) is 5.13. The Bertz CT molecular complexity index is 266. The molecule has 0 radical (unpaired) electrons. The molecule has 1 fully saturated rings. The Morgan fingerprint density at radius 2 is 1.78 bits per heavy atom. The van der Waals surface area contributed by atoms with E-state index in [1.54, 1.807) is 0 Å². The summed E-state index contributed by atoms with van der Waals surface area (Å²) < 4.78 is 0. The maximum absolute atomic E-state index is 11.4. The number of nitrogens with one attached hydrogen (secondary N) is 1. The number of carboxylic acids is 1. The monoisotopic (exact) mass is 274 g/mol. The smallest absolute Gasteiger partial charge is 0.313 e. The summed E-state index contributed by atoms with van der Waals surface area (Å²) in [5, 5.41) is 11.3. The van der Waals surface area contributed by atoms with Gasteiger partial charge in [-0.25, -0.2) is 0 Å². The van der Waals surface area contributed by atoms with Crippen molar-refractivity contribution in [2.24, 2.45) is 0 Å². The first kappa shape index (κ1) is 15.3. The fourth-order valence-electron chi connectivity index (χ4n) is 2.00. The zero-order valence-electron chi connectivity index (χ0n) is 10.7. The van der Waals surface area contributed by atoms with Crippen molar-refractivity contribution in [2.45, 2.75) is 25.7 Å². The highest BCUT2D eigenvalue weighted by Gasteiger charge is 2.09. The largest absolute Gasteiger partial charge is 0.481 e. The van der Waals surface area contributed by atoms with E-state index < -0.39 is 5.97 Å². The number of likely N-dealkylation sites (tertiary alicyclic amines) is 1. The first-order chi connectivity index (χ1) is 8.68. The van der Waals surface area contributed by atoms with Crippen LogP contribution in [-0.2, 0) is 9.59 Å². The van der Waals surface area contributed by atoms with Crippen LogP contribution in [0.1, 0.15) is 25.7 Å². The van der Waals surface area contributed by atoms with Gasteiger partial charge in [0.2, 0.25) is 5.91 Å². The van der Waals surface area contributed by atoms with Gasteiger partial charge < -0.3 is 15.3 Å². The Morgan fingerprint density at radius 1 is 1.11 bits per heavy atom. The van der Waals surface area contributed by atoms with E-state index >= 15 is 0 Å². The van der Waals surface area contributed by atoms with Gasteiger partial charge in [-0.15, -0.1) is 11.8 Å². The van der Waals surface area contributed by atoms with E-state index in [1.807, 2.05) is 0 Å². The number of carbonyl (C=O) groups is 2. The third-order valence-corrected chi connectivity index (χ3v) is 3.82. The van der Waals surface area contributed by atoms with Crippen molar-refractivity contribution in [3.63, 3.8) is 0 Å². The van der Waals surface area contributed by atoms with E-state index in [9.17, 15) is 9.59 Å². The summed E-state index contributed by atoms with van der Waals surface area (Å²) in [6.45, 7) is 3.81. The number of hydrogen-bond donors (Lipinski definition) is 2. The van der Waals surface area contributed by atoms with Crippen LogP contribution in [0.5, 0.6) is 0 Å². The van der Waals surface area contributed by atoms with Gasteiger partial charge in [-0.3, -0.25) is 9.59 Å². The lowest BCUT2D eigenvalue weighted by molar-refractivity contribution is -0.133. The van der Waals surface area contributed by atoms with Crippen molar-refractivity contribution in [1.29, 1.82) is 0 Å². The lowest BCUT2D eigenvalue weighted by Crippen LogP contribution is -2.36. The van der Waals surface area contributed by atoms with Crippen LogP contribution in [0.2, 0.25) is 0 Å². The molecule has 1 aliphatic rings. The minimum absolute atomic E-state index is 0.0143. The van der Waals surface area contributed by atoms with Gasteiger partial charge in [0, 0.05) is 13.1 Å². The van der Waals surface area contributed by atoms with E-state index in [2.05, 4.69) is 10.2 Å². The second-order valence-electron chi connectivity index (χ2n) is 4.49. The Hall–Kier alpha value is -0.750. The number of nitrogens with zero attached hydrogens (tertiary/aromatic N) is 1. The maximum atomic E-state index is 11.4. The Labute approximate surface area is 112 Å². The summed E-state index contributed by atoms with van der Waals surface area (Å²) in [6, 6.07) is 0. The average Bonchev–Trinajstić information content (AvgIpc) is 2.57. The maximum Gasteiger partial charge on any atom is 0.313 e. The van der Waals surface area contributed by atoms with Gasteiger partial charge in [0.15, 0.2) is 0 Å². The Morgan fingerprint density at radius 3 is 2.39 bits per heavy atom. The summed E-state index contributed by atoms with van der Waals surface area (Å²) in [5.41, 5.74) is 0. The van der Waals surface area contributed by atoms with Gasteiger partial charge >= 0.3 is 5.97 Å². The normalized spacial score (nSPS) is 17.1. The molecular weight excluding hydrogens is 252 g/mol. The summed E-state index contributed by atoms with van der Waals surface area (Å²) >= 11 is 1.13. The molecule has 0 atom stereocenters. The summed E-state index contributed by atoms with van der Waals surface area (Å²) in [5.74, 6) is -0.736. The number of rotatable bonds is 7. The molecule has 1 rings (SSSR count). The number of aliphatic carboxylic acids is 1. The minimum atomic E-state index is -0.877. The molecule has 0 bridgehead atoms. The molecule has 104 valence electrons. The molecule has 0 unspecified atom stereocenters. The zero-order valence-corrected chi connectivity index (χ0v) is 11.5. The summed E-state index contributed by atoms with van der Waals surface area (Å²) in [7, 11) is 0. The standard InChI is InChI=1S/C12H22N2O3S/c15-11(9-18-10-12(16)17)13-5-8-14-6-3-1-2-4-7-14/h1-10H2,(H,13,15)(H,16,17). The van der Waals surface area contributed by atoms with Crippen LogP contribution < -0.4 is 5.32 Å². The van der Waals surface area contributed by atoms with Crippen LogP contribution in [0.3, 0.4) is 0 Å². The van der Waals surface area contributed by atoms with Crippen molar-refractivity contribution in [3.8, 4) is 0 Å². The lowest BCUT2D eigenvalue weighted by Gasteiger charge is -2.19. The Kier molecular flexibility index (Phi) is 7.84. The molecule has 2 N–H and O–H groups in total. The van der Waals surface area contributed by atoms with Crippen molar-refractivity contribution in [2.75, 3.05) is 37.7 Å². The molecule has 5 nitrogen and oxygen atoms in total. The molecule has 18 heavy (non-hydrogen) atoms. The van der Waals surface area contributed by atoms with Gasteiger partial charge in [0.05, 0.1) is 11.5 Å². The highest BCUT2D eigenvalue weighted by atomic mass is 32.2. The quantitative estimate of drug-likeness (QED) is 0.718. The van der Waals surface area contributed by atoms with Gasteiger partial charge in [-0.05, 0) is 25.9 Å². The van der Waals surface area contributed by atoms with E-state index in [1.165, 1.54) is 25.7 Å². The molecule has 1 saturated heterocycles. The predicted molar refractivity (Wildman–Crippen MR) is 72.9 cm³/mol. The second-order valence-corrected chi connectivity index (χ2v) is 5.48. The SMILES string of the molecule is O=C(O)CSCC(=O)NCCN1CCCCCC1. The van der Waals surface area contributed by atoms with Crippen molar-refractivity contribution >= 4 is 23.6 Å². The number of amides is 1. The van der Waals surface area contributed by atoms with Crippen molar-refractivity contribution < 1.29 is 14.7 Å². The van der Waals surface area contributed by atoms with Crippen molar-refractivity contribution in [1.82, 2.24) is 10.2 Å². The molecular formula is C12H22N2O3S. The highest BCUT2D eigenvalue weighted by Crippen LogP contribution is 2.08. The van der Waals surface area contributed by atoms with Crippen molar-refractivity contribution in [3.05, 3.63) is 0 Å². The molecule has 1 aliphatic heterocycles. The van der Waals surface area contributed by atoms with E-state index in [0.29, 0.717) is 6.54 Å². The highest BCUT2D eigenvalue weighted by molar-refractivity contribution is 8.00. The minimum Gasteiger partial charge on any atom is -0.481 e. The van der Waals surface area contributed by atoms with Crippen LogP contribution in [-0.4, -0.2) is 59.6 Å². The van der Waals surface area contributed by atoms with Crippen LogP contribution in [0.25, 0.3) is 0 Å². The molecule has 1 amide bonds. The van der Waals surface area contributed by atoms with E-state index in [-0.39, 0.29) is 17.4 Å².